The SMILES string of the molecule is CN(C)CC(N)c1ccc2c(c1)OCCO2. The lowest BCUT2D eigenvalue weighted by atomic mass is 10.1. The van der Waals surface area contributed by atoms with E-state index in [2.05, 4.69) is 4.90 Å². The summed E-state index contributed by atoms with van der Waals surface area (Å²) in [7, 11) is 4.02. The quantitative estimate of drug-likeness (QED) is 0.829. The standard InChI is InChI=1S/C12H18N2O2/c1-14(2)8-10(13)9-3-4-11-12(7-9)16-6-5-15-11/h3-4,7,10H,5-6,8,13H2,1-2H3. The molecule has 0 saturated carbocycles. The van der Waals surface area contributed by atoms with Gasteiger partial charge in [-0.1, -0.05) is 6.07 Å². The zero-order valence-electron chi connectivity index (χ0n) is 9.77. The van der Waals surface area contributed by atoms with Crippen molar-refractivity contribution < 1.29 is 9.47 Å². The van der Waals surface area contributed by atoms with Crippen LogP contribution in [0, 0.1) is 0 Å². The third-order valence-corrected chi connectivity index (χ3v) is 2.56. The number of hydrogen-bond donors (Lipinski definition) is 1. The first-order chi connectivity index (χ1) is 7.66. The van der Waals surface area contributed by atoms with Crippen molar-refractivity contribution in [1.29, 1.82) is 0 Å². The van der Waals surface area contributed by atoms with Gasteiger partial charge in [0.25, 0.3) is 0 Å². The van der Waals surface area contributed by atoms with Crippen LogP contribution >= 0.6 is 0 Å². The smallest absolute Gasteiger partial charge is 0.161 e. The van der Waals surface area contributed by atoms with Crippen molar-refractivity contribution in [3.63, 3.8) is 0 Å². The lowest BCUT2D eigenvalue weighted by molar-refractivity contribution is 0.171. The fourth-order valence-electron chi connectivity index (χ4n) is 1.79. The highest BCUT2D eigenvalue weighted by molar-refractivity contribution is 5.44. The molecule has 0 fully saturated rings. The second-order valence-electron chi connectivity index (χ2n) is 4.27. The highest BCUT2D eigenvalue weighted by Gasteiger charge is 2.14. The third-order valence-electron chi connectivity index (χ3n) is 2.56. The van der Waals surface area contributed by atoms with Gasteiger partial charge in [-0.05, 0) is 31.8 Å². The molecule has 2 N–H and O–H groups in total. The Bertz CT molecular complexity index is 366. The number of benzene rings is 1. The molecule has 4 nitrogen and oxygen atoms in total. The molecule has 1 unspecified atom stereocenters. The number of hydrogen-bond acceptors (Lipinski definition) is 4. The van der Waals surface area contributed by atoms with E-state index in [1.807, 2.05) is 32.3 Å². The number of fused-ring (bicyclic) bond motifs is 1. The van der Waals surface area contributed by atoms with E-state index >= 15 is 0 Å². The molecule has 0 aliphatic carbocycles. The van der Waals surface area contributed by atoms with E-state index in [1.54, 1.807) is 0 Å². The molecule has 0 saturated heterocycles. The molecule has 1 aliphatic rings. The number of rotatable bonds is 3. The van der Waals surface area contributed by atoms with Gasteiger partial charge in [0.15, 0.2) is 11.5 Å². The Morgan fingerprint density at radius 2 is 1.94 bits per heavy atom. The Kier molecular flexibility index (Phi) is 3.31. The second-order valence-corrected chi connectivity index (χ2v) is 4.27. The van der Waals surface area contributed by atoms with Gasteiger partial charge in [-0.25, -0.2) is 0 Å². The number of nitrogens with two attached hydrogens (primary N) is 1. The zero-order valence-corrected chi connectivity index (χ0v) is 9.77. The third kappa shape index (κ3) is 2.46. The molecule has 0 spiro atoms. The monoisotopic (exact) mass is 222 g/mol. The summed E-state index contributed by atoms with van der Waals surface area (Å²) in [5.41, 5.74) is 7.17. The van der Waals surface area contributed by atoms with Gasteiger partial charge in [0, 0.05) is 12.6 Å². The first kappa shape index (κ1) is 11.2. The molecule has 0 bridgehead atoms. The molecule has 1 aliphatic heterocycles. The van der Waals surface area contributed by atoms with Crippen LogP contribution in [0.25, 0.3) is 0 Å². The molecule has 1 aromatic carbocycles. The van der Waals surface area contributed by atoms with Gasteiger partial charge in [0.2, 0.25) is 0 Å². The molecule has 4 heteroatoms. The fourth-order valence-corrected chi connectivity index (χ4v) is 1.79. The van der Waals surface area contributed by atoms with Crippen molar-refractivity contribution >= 4 is 0 Å². The highest BCUT2D eigenvalue weighted by atomic mass is 16.6. The normalized spacial score (nSPS) is 16.2. The van der Waals surface area contributed by atoms with Crippen LogP contribution in [0.4, 0.5) is 0 Å². The van der Waals surface area contributed by atoms with Crippen molar-refractivity contribution in [1.82, 2.24) is 4.90 Å². The van der Waals surface area contributed by atoms with Crippen molar-refractivity contribution in [3.8, 4) is 11.5 Å². The maximum absolute atomic E-state index is 6.09. The van der Waals surface area contributed by atoms with Crippen LogP contribution in [0.2, 0.25) is 0 Å². The molecule has 0 radical (unpaired) electrons. The van der Waals surface area contributed by atoms with Gasteiger partial charge < -0.3 is 20.1 Å². The van der Waals surface area contributed by atoms with E-state index in [0.29, 0.717) is 13.2 Å². The Labute approximate surface area is 95.9 Å². The van der Waals surface area contributed by atoms with E-state index < -0.39 is 0 Å². The molecule has 1 atom stereocenters. The first-order valence-corrected chi connectivity index (χ1v) is 5.46. The lowest BCUT2D eigenvalue weighted by Gasteiger charge is -2.21. The second kappa shape index (κ2) is 4.72. The van der Waals surface area contributed by atoms with Crippen molar-refractivity contribution in [2.24, 2.45) is 5.73 Å². The Morgan fingerprint density at radius 1 is 1.25 bits per heavy atom. The van der Waals surface area contributed by atoms with Gasteiger partial charge in [0.1, 0.15) is 13.2 Å². The molecule has 16 heavy (non-hydrogen) atoms. The van der Waals surface area contributed by atoms with Crippen LogP contribution in [0.1, 0.15) is 11.6 Å². The van der Waals surface area contributed by atoms with Crippen molar-refractivity contribution in [3.05, 3.63) is 23.8 Å². The van der Waals surface area contributed by atoms with E-state index in [1.165, 1.54) is 0 Å². The summed E-state index contributed by atoms with van der Waals surface area (Å²) in [5, 5.41) is 0. The first-order valence-electron chi connectivity index (χ1n) is 5.46. The van der Waals surface area contributed by atoms with Crippen molar-refractivity contribution in [2.75, 3.05) is 33.9 Å². The topological polar surface area (TPSA) is 47.7 Å². The summed E-state index contributed by atoms with van der Waals surface area (Å²) >= 11 is 0. The summed E-state index contributed by atoms with van der Waals surface area (Å²) < 4.78 is 11.0. The van der Waals surface area contributed by atoms with Crippen LogP contribution in [0.15, 0.2) is 18.2 Å². The van der Waals surface area contributed by atoms with E-state index in [-0.39, 0.29) is 6.04 Å². The Morgan fingerprint density at radius 3 is 2.62 bits per heavy atom. The minimum absolute atomic E-state index is 0.00539. The summed E-state index contributed by atoms with van der Waals surface area (Å²) in [4.78, 5) is 2.07. The van der Waals surface area contributed by atoms with Crippen LogP contribution in [0.5, 0.6) is 11.5 Å². The maximum Gasteiger partial charge on any atom is 0.161 e. The predicted octanol–water partition coefficient (Wildman–Crippen LogP) is 1.02. The molecular formula is C12H18N2O2. The highest BCUT2D eigenvalue weighted by Crippen LogP contribution is 2.32. The fraction of sp³-hybridized carbons (Fsp3) is 0.500. The molecular weight excluding hydrogens is 204 g/mol. The average molecular weight is 222 g/mol. The van der Waals surface area contributed by atoms with Crippen LogP contribution in [-0.4, -0.2) is 38.8 Å². The van der Waals surface area contributed by atoms with Gasteiger partial charge >= 0.3 is 0 Å². The molecule has 0 aromatic heterocycles. The number of nitrogens with zero attached hydrogens (tertiary/aromatic N) is 1. The van der Waals surface area contributed by atoms with E-state index in [0.717, 1.165) is 23.6 Å². The van der Waals surface area contributed by atoms with E-state index in [9.17, 15) is 0 Å². The molecule has 1 heterocycles. The van der Waals surface area contributed by atoms with Crippen LogP contribution in [0.3, 0.4) is 0 Å². The largest absolute Gasteiger partial charge is 0.486 e. The molecule has 0 amide bonds. The van der Waals surface area contributed by atoms with Crippen molar-refractivity contribution in [2.45, 2.75) is 6.04 Å². The van der Waals surface area contributed by atoms with Gasteiger partial charge in [-0.15, -0.1) is 0 Å². The molecule has 1 aromatic rings. The van der Waals surface area contributed by atoms with E-state index in [4.69, 9.17) is 15.2 Å². The summed E-state index contributed by atoms with van der Waals surface area (Å²) in [6.07, 6.45) is 0. The van der Waals surface area contributed by atoms with Crippen LogP contribution < -0.4 is 15.2 Å². The Balaban J connectivity index is 2.16. The number of likely N-dealkylation sites (N-methyl/N-ethyl adjacent to an activating group) is 1. The Hall–Kier alpha value is -1.26. The minimum atomic E-state index is 0.00539. The summed E-state index contributed by atoms with van der Waals surface area (Å²) in [6, 6.07) is 5.91. The van der Waals surface area contributed by atoms with Gasteiger partial charge in [-0.3, -0.25) is 0 Å². The minimum Gasteiger partial charge on any atom is -0.486 e. The summed E-state index contributed by atoms with van der Waals surface area (Å²) in [6.45, 7) is 2.05. The lowest BCUT2D eigenvalue weighted by Crippen LogP contribution is -2.26. The molecule has 2 rings (SSSR count). The van der Waals surface area contributed by atoms with Gasteiger partial charge in [0.05, 0.1) is 0 Å². The van der Waals surface area contributed by atoms with Crippen LogP contribution in [-0.2, 0) is 0 Å². The number of ether oxygens (including phenoxy) is 2. The van der Waals surface area contributed by atoms with Gasteiger partial charge in [-0.2, -0.15) is 0 Å². The predicted molar refractivity (Wildman–Crippen MR) is 62.9 cm³/mol. The average Bonchev–Trinajstić information content (AvgIpc) is 2.27. The summed E-state index contributed by atoms with van der Waals surface area (Å²) in [5.74, 6) is 1.62. The maximum atomic E-state index is 6.09. The zero-order chi connectivity index (χ0) is 11.5. The molecule has 88 valence electrons.